The van der Waals surface area contributed by atoms with Gasteiger partial charge in [-0.3, -0.25) is 9.80 Å². The van der Waals surface area contributed by atoms with Crippen LogP contribution in [-0.4, -0.2) is 49.6 Å². The summed E-state index contributed by atoms with van der Waals surface area (Å²) in [4.78, 5) is 3.78. The molecule has 0 radical (unpaired) electrons. The second kappa shape index (κ2) is 3.25. The predicted molar refractivity (Wildman–Crippen MR) is 35.1 cm³/mol. The minimum Gasteiger partial charge on any atom is -0.292 e. The standard InChI is InChI=1S/C6H12F2N2/c1-9-2-3-10(5-9)4-6(7)8/h6H,2-5H2,1H3. The van der Waals surface area contributed by atoms with Crippen LogP contribution in [0.3, 0.4) is 0 Å². The normalized spacial score (nSPS) is 22.8. The van der Waals surface area contributed by atoms with E-state index in [0.29, 0.717) is 6.67 Å². The number of hydrogen-bond donors (Lipinski definition) is 0. The van der Waals surface area contributed by atoms with Gasteiger partial charge in [-0.05, 0) is 7.05 Å². The lowest BCUT2D eigenvalue weighted by Crippen LogP contribution is -2.27. The van der Waals surface area contributed by atoms with Crippen molar-refractivity contribution >= 4 is 0 Å². The maximum atomic E-state index is 11.8. The van der Waals surface area contributed by atoms with Crippen molar-refractivity contribution in [3.8, 4) is 0 Å². The SMILES string of the molecule is CN1CCN(CC(F)F)C1. The molecule has 0 amide bonds. The molecule has 1 aliphatic rings. The van der Waals surface area contributed by atoms with Gasteiger partial charge in [-0.1, -0.05) is 0 Å². The van der Waals surface area contributed by atoms with Crippen LogP contribution in [0.5, 0.6) is 0 Å². The molecule has 0 spiro atoms. The zero-order valence-corrected chi connectivity index (χ0v) is 6.06. The quantitative estimate of drug-likeness (QED) is 0.564. The minimum atomic E-state index is -2.19. The second-order valence-corrected chi connectivity index (χ2v) is 2.69. The first-order valence-corrected chi connectivity index (χ1v) is 3.37. The number of hydrogen-bond acceptors (Lipinski definition) is 2. The summed E-state index contributed by atoms with van der Waals surface area (Å²) in [5, 5.41) is 0. The molecule has 1 saturated heterocycles. The van der Waals surface area contributed by atoms with Gasteiger partial charge in [-0.25, -0.2) is 8.78 Å². The van der Waals surface area contributed by atoms with Crippen LogP contribution in [-0.2, 0) is 0 Å². The zero-order valence-electron chi connectivity index (χ0n) is 6.06. The summed E-state index contributed by atoms with van der Waals surface area (Å²) in [6, 6.07) is 0. The van der Waals surface area contributed by atoms with E-state index < -0.39 is 6.43 Å². The summed E-state index contributed by atoms with van der Waals surface area (Å²) in [5.74, 6) is 0. The highest BCUT2D eigenvalue weighted by molar-refractivity contribution is 4.67. The molecule has 1 fully saturated rings. The van der Waals surface area contributed by atoms with Crippen LogP contribution in [0.25, 0.3) is 0 Å². The number of likely N-dealkylation sites (N-methyl/N-ethyl adjacent to an activating group) is 1. The summed E-state index contributed by atoms with van der Waals surface area (Å²) in [6.45, 7) is 2.29. The van der Waals surface area contributed by atoms with Crippen LogP contribution >= 0.6 is 0 Å². The first-order valence-electron chi connectivity index (χ1n) is 3.37. The van der Waals surface area contributed by atoms with E-state index in [9.17, 15) is 8.78 Å². The van der Waals surface area contributed by atoms with Gasteiger partial charge < -0.3 is 0 Å². The highest BCUT2D eigenvalue weighted by atomic mass is 19.3. The first kappa shape index (κ1) is 7.88. The van der Waals surface area contributed by atoms with E-state index in [1.165, 1.54) is 0 Å². The third-order valence-corrected chi connectivity index (χ3v) is 1.64. The Kier molecular flexibility index (Phi) is 2.56. The molecule has 0 aromatic heterocycles. The average Bonchev–Trinajstić information content (AvgIpc) is 2.13. The molecule has 1 rings (SSSR count). The highest BCUT2D eigenvalue weighted by Crippen LogP contribution is 2.04. The summed E-state index contributed by atoms with van der Waals surface area (Å²) in [5.41, 5.74) is 0. The van der Waals surface area contributed by atoms with Crippen molar-refractivity contribution in [1.82, 2.24) is 9.80 Å². The van der Waals surface area contributed by atoms with Gasteiger partial charge in [0.2, 0.25) is 0 Å². The van der Waals surface area contributed by atoms with Crippen LogP contribution in [0.15, 0.2) is 0 Å². The predicted octanol–water partition coefficient (Wildman–Crippen LogP) is 0.456. The highest BCUT2D eigenvalue weighted by Gasteiger charge is 2.18. The Morgan fingerprint density at radius 1 is 1.40 bits per heavy atom. The van der Waals surface area contributed by atoms with Gasteiger partial charge in [-0.2, -0.15) is 0 Å². The molecule has 2 nitrogen and oxygen atoms in total. The smallest absolute Gasteiger partial charge is 0.251 e. The Morgan fingerprint density at radius 2 is 2.10 bits per heavy atom. The molecule has 0 aromatic carbocycles. The van der Waals surface area contributed by atoms with Gasteiger partial charge in [-0.15, -0.1) is 0 Å². The molecule has 4 heteroatoms. The summed E-state index contributed by atoms with van der Waals surface area (Å²) < 4.78 is 23.5. The van der Waals surface area contributed by atoms with E-state index in [1.54, 1.807) is 4.90 Å². The van der Waals surface area contributed by atoms with E-state index in [1.807, 2.05) is 11.9 Å². The molecule has 0 aliphatic carbocycles. The molecule has 1 aliphatic heterocycles. The van der Waals surface area contributed by atoms with Gasteiger partial charge in [0.15, 0.2) is 0 Å². The average molecular weight is 150 g/mol. The molecular formula is C6H12F2N2. The fraction of sp³-hybridized carbons (Fsp3) is 1.00. The lowest BCUT2D eigenvalue weighted by Gasteiger charge is -2.13. The van der Waals surface area contributed by atoms with Crippen molar-refractivity contribution in [3.05, 3.63) is 0 Å². The minimum absolute atomic E-state index is 0.0790. The number of halogens is 2. The second-order valence-electron chi connectivity index (χ2n) is 2.69. The summed E-state index contributed by atoms with van der Waals surface area (Å²) in [6.07, 6.45) is -2.19. The molecule has 1 heterocycles. The third-order valence-electron chi connectivity index (χ3n) is 1.64. The van der Waals surface area contributed by atoms with Crippen molar-refractivity contribution in [2.45, 2.75) is 6.43 Å². The maximum absolute atomic E-state index is 11.8. The molecule has 10 heavy (non-hydrogen) atoms. The molecular weight excluding hydrogens is 138 g/mol. The summed E-state index contributed by atoms with van der Waals surface area (Å²) in [7, 11) is 1.94. The van der Waals surface area contributed by atoms with Gasteiger partial charge >= 0.3 is 0 Å². The van der Waals surface area contributed by atoms with Crippen molar-refractivity contribution in [2.24, 2.45) is 0 Å². The van der Waals surface area contributed by atoms with Crippen molar-refractivity contribution in [3.63, 3.8) is 0 Å². The molecule has 0 atom stereocenters. The van der Waals surface area contributed by atoms with E-state index in [4.69, 9.17) is 0 Å². The fourth-order valence-electron chi connectivity index (χ4n) is 1.14. The number of rotatable bonds is 2. The first-order chi connectivity index (χ1) is 4.68. The Morgan fingerprint density at radius 3 is 2.50 bits per heavy atom. The summed E-state index contributed by atoms with van der Waals surface area (Å²) >= 11 is 0. The Labute approximate surface area is 59.4 Å². The van der Waals surface area contributed by atoms with Crippen molar-refractivity contribution in [1.29, 1.82) is 0 Å². The van der Waals surface area contributed by atoms with Gasteiger partial charge in [0.05, 0.1) is 13.2 Å². The Bertz CT molecular complexity index is 108. The number of alkyl halides is 2. The largest absolute Gasteiger partial charge is 0.292 e. The molecule has 0 N–H and O–H groups in total. The lowest BCUT2D eigenvalue weighted by molar-refractivity contribution is 0.0930. The van der Waals surface area contributed by atoms with Gasteiger partial charge in [0, 0.05) is 13.1 Å². The Balaban J connectivity index is 2.18. The monoisotopic (exact) mass is 150 g/mol. The molecule has 60 valence electrons. The molecule has 0 saturated carbocycles. The van der Waals surface area contributed by atoms with Crippen LogP contribution in [0.2, 0.25) is 0 Å². The van der Waals surface area contributed by atoms with Crippen molar-refractivity contribution < 1.29 is 8.78 Å². The third kappa shape index (κ3) is 2.19. The Hall–Kier alpha value is -0.220. The van der Waals surface area contributed by atoms with Gasteiger partial charge in [0.25, 0.3) is 6.43 Å². The van der Waals surface area contributed by atoms with E-state index in [-0.39, 0.29) is 6.54 Å². The van der Waals surface area contributed by atoms with Crippen LogP contribution in [0, 0.1) is 0 Å². The molecule has 0 aromatic rings. The van der Waals surface area contributed by atoms with Crippen LogP contribution in [0.4, 0.5) is 8.78 Å². The van der Waals surface area contributed by atoms with E-state index in [0.717, 1.165) is 13.1 Å². The molecule has 0 unspecified atom stereocenters. The van der Waals surface area contributed by atoms with Crippen LogP contribution < -0.4 is 0 Å². The van der Waals surface area contributed by atoms with E-state index in [2.05, 4.69) is 0 Å². The topological polar surface area (TPSA) is 6.48 Å². The van der Waals surface area contributed by atoms with Crippen LogP contribution in [0.1, 0.15) is 0 Å². The lowest BCUT2D eigenvalue weighted by atomic mass is 10.5. The molecule has 0 bridgehead atoms. The van der Waals surface area contributed by atoms with Gasteiger partial charge in [0.1, 0.15) is 0 Å². The number of nitrogens with zero attached hydrogens (tertiary/aromatic N) is 2. The zero-order chi connectivity index (χ0) is 7.56. The maximum Gasteiger partial charge on any atom is 0.251 e. The van der Waals surface area contributed by atoms with Crippen molar-refractivity contribution in [2.75, 3.05) is 33.4 Å². The fourth-order valence-corrected chi connectivity index (χ4v) is 1.14. The van der Waals surface area contributed by atoms with E-state index >= 15 is 0 Å².